The van der Waals surface area contributed by atoms with Crippen molar-refractivity contribution in [2.24, 2.45) is 0 Å². The highest BCUT2D eigenvalue weighted by Gasteiger charge is 2.22. The van der Waals surface area contributed by atoms with Crippen LogP contribution in [0.4, 0.5) is 0 Å². The monoisotopic (exact) mass is 462 g/mol. The highest BCUT2D eigenvalue weighted by molar-refractivity contribution is 5.78. The predicted molar refractivity (Wildman–Crippen MR) is 129 cm³/mol. The van der Waals surface area contributed by atoms with Crippen molar-refractivity contribution < 1.29 is 24.1 Å². The summed E-state index contributed by atoms with van der Waals surface area (Å²) in [6, 6.07) is 24.7. The number of aliphatic hydroxyl groups excluding tert-OH is 1. The molecule has 2 N–H and O–H groups in total. The van der Waals surface area contributed by atoms with E-state index in [1.54, 1.807) is 17.0 Å². The molecule has 1 aliphatic rings. The van der Waals surface area contributed by atoms with E-state index in [9.17, 15) is 9.90 Å². The van der Waals surface area contributed by atoms with Gasteiger partial charge in [0.1, 0.15) is 36.6 Å². The van der Waals surface area contributed by atoms with Crippen LogP contribution in [-0.4, -0.2) is 54.9 Å². The van der Waals surface area contributed by atoms with Crippen LogP contribution < -0.4 is 19.5 Å². The minimum atomic E-state index is -0.603. The summed E-state index contributed by atoms with van der Waals surface area (Å²) in [4.78, 5) is 14.3. The van der Waals surface area contributed by atoms with Gasteiger partial charge in [0.25, 0.3) is 5.91 Å². The quantitative estimate of drug-likeness (QED) is 0.403. The third-order valence-electron chi connectivity index (χ3n) is 5.49. The lowest BCUT2D eigenvalue weighted by atomic mass is 10.1. The number of carbonyl (C=O) groups is 1. The molecule has 3 aromatic rings. The van der Waals surface area contributed by atoms with Crippen molar-refractivity contribution in [3.63, 3.8) is 0 Å². The number of amides is 1. The third kappa shape index (κ3) is 6.97. The molecule has 0 radical (unpaired) electrons. The molecule has 4 rings (SSSR count). The number of carbonyl (C=O) groups excluding carboxylic acids is 1. The molecule has 178 valence electrons. The van der Waals surface area contributed by atoms with Crippen LogP contribution in [0.25, 0.3) is 0 Å². The Morgan fingerprint density at radius 3 is 2.09 bits per heavy atom. The van der Waals surface area contributed by atoms with E-state index in [4.69, 9.17) is 14.2 Å². The van der Waals surface area contributed by atoms with Gasteiger partial charge in [-0.2, -0.15) is 0 Å². The number of hydrogen-bond donors (Lipinski definition) is 2. The van der Waals surface area contributed by atoms with Crippen LogP contribution in [0.2, 0.25) is 0 Å². The maximum absolute atomic E-state index is 12.5. The molecular weight excluding hydrogens is 432 g/mol. The number of para-hydroxylation sites is 1. The Hall–Kier alpha value is -3.55. The lowest BCUT2D eigenvalue weighted by Gasteiger charge is -2.16. The van der Waals surface area contributed by atoms with Crippen molar-refractivity contribution in [1.82, 2.24) is 10.2 Å². The Balaban J connectivity index is 1.08. The van der Waals surface area contributed by atoms with Crippen LogP contribution in [0.3, 0.4) is 0 Å². The van der Waals surface area contributed by atoms with E-state index in [1.165, 1.54) is 11.1 Å². The highest BCUT2D eigenvalue weighted by atomic mass is 16.5. The summed E-state index contributed by atoms with van der Waals surface area (Å²) in [6.45, 7) is 2.97. The van der Waals surface area contributed by atoms with Crippen LogP contribution in [-0.2, 0) is 17.9 Å². The summed E-state index contributed by atoms with van der Waals surface area (Å²) in [5.41, 5.74) is 2.39. The van der Waals surface area contributed by atoms with E-state index in [-0.39, 0.29) is 19.1 Å². The molecule has 34 heavy (non-hydrogen) atoms. The Morgan fingerprint density at radius 2 is 1.41 bits per heavy atom. The van der Waals surface area contributed by atoms with Crippen LogP contribution in [0, 0.1) is 0 Å². The Morgan fingerprint density at radius 1 is 0.824 bits per heavy atom. The topological polar surface area (TPSA) is 80.3 Å². The van der Waals surface area contributed by atoms with E-state index >= 15 is 0 Å². The average molecular weight is 463 g/mol. The standard InChI is InChI=1S/C27H30N2O5/c30-23(19-33-24-8-2-1-3-9-24)16-28-14-15-32-25-10-12-26(13-11-25)34-20-27(31)29-17-21-6-4-5-7-22(21)18-29/h1-13,23,28,30H,14-20H2. The number of benzene rings is 3. The first-order valence-corrected chi connectivity index (χ1v) is 11.4. The van der Waals surface area contributed by atoms with Crippen molar-refractivity contribution in [1.29, 1.82) is 0 Å². The molecule has 1 amide bonds. The van der Waals surface area contributed by atoms with Crippen molar-refractivity contribution in [3.05, 3.63) is 90.0 Å². The van der Waals surface area contributed by atoms with E-state index < -0.39 is 6.10 Å². The van der Waals surface area contributed by atoms with Gasteiger partial charge in [-0.15, -0.1) is 0 Å². The first kappa shape index (κ1) is 23.6. The van der Waals surface area contributed by atoms with Gasteiger partial charge < -0.3 is 29.5 Å². The summed E-state index contributed by atoms with van der Waals surface area (Å²) in [7, 11) is 0. The molecule has 7 heteroatoms. The number of aliphatic hydroxyl groups is 1. The van der Waals surface area contributed by atoms with Gasteiger partial charge in [-0.05, 0) is 47.5 Å². The van der Waals surface area contributed by atoms with Gasteiger partial charge in [0.15, 0.2) is 6.61 Å². The average Bonchev–Trinajstić information content (AvgIpc) is 3.32. The summed E-state index contributed by atoms with van der Waals surface area (Å²) in [5, 5.41) is 13.1. The van der Waals surface area contributed by atoms with Gasteiger partial charge in [0.05, 0.1) is 0 Å². The first-order chi connectivity index (χ1) is 16.7. The predicted octanol–water partition coefficient (Wildman–Crippen LogP) is 3.02. The Labute approximate surface area is 199 Å². The summed E-state index contributed by atoms with van der Waals surface area (Å²) in [5.74, 6) is 2.04. The fourth-order valence-corrected chi connectivity index (χ4v) is 3.66. The molecule has 0 aliphatic carbocycles. The van der Waals surface area contributed by atoms with Gasteiger partial charge in [0, 0.05) is 26.2 Å². The number of hydrogen-bond acceptors (Lipinski definition) is 6. The number of fused-ring (bicyclic) bond motifs is 1. The highest BCUT2D eigenvalue weighted by Crippen LogP contribution is 2.23. The van der Waals surface area contributed by atoms with Crippen LogP contribution in [0.5, 0.6) is 17.2 Å². The van der Waals surface area contributed by atoms with E-state index in [0.29, 0.717) is 44.3 Å². The second-order valence-electron chi connectivity index (χ2n) is 8.11. The zero-order chi connectivity index (χ0) is 23.6. The Bertz CT molecular complexity index is 1020. The first-order valence-electron chi connectivity index (χ1n) is 11.4. The maximum Gasteiger partial charge on any atom is 0.261 e. The molecule has 0 saturated heterocycles. The summed E-state index contributed by atoms with van der Waals surface area (Å²) < 4.78 is 16.9. The van der Waals surface area contributed by atoms with Crippen molar-refractivity contribution in [2.75, 3.05) is 32.9 Å². The molecule has 3 aromatic carbocycles. The van der Waals surface area contributed by atoms with Gasteiger partial charge in [-0.25, -0.2) is 0 Å². The fraction of sp³-hybridized carbons (Fsp3) is 0.296. The van der Waals surface area contributed by atoms with Gasteiger partial charge in [0.2, 0.25) is 0 Å². The largest absolute Gasteiger partial charge is 0.492 e. The lowest BCUT2D eigenvalue weighted by molar-refractivity contribution is -0.134. The number of rotatable bonds is 12. The fourth-order valence-electron chi connectivity index (χ4n) is 3.66. The minimum absolute atomic E-state index is 0.00836. The summed E-state index contributed by atoms with van der Waals surface area (Å²) >= 11 is 0. The third-order valence-corrected chi connectivity index (χ3v) is 5.49. The molecule has 0 spiro atoms. The Kier molecular flexibility index (Phi) is 8.38. The second kappa shape index (κ2) is 12.1. The zero-order valence-electron chi connectivity index (χ0n) is 19.1. The molecule has 0 saturated carbocycles. The van der Waals surface area contributed by atoms with Gasteiger partial charge >= 0.3 is 0 Å². The van der Waals surface area contributed by atoms with Crippen LogP contribution in [0.1, 0.15) is 11.1 Å². The van der Waals surface area contributed by atoms with Gasteiger partial charge in [-0.3, -0.25) is 4.79 Å². The van der Waals surface area contributed by atoms with E-state index in [0.717, 1.165) is 5.75 Å². The molecule has 0 aromatic heterocycles. The van der Waals surface area contributed by atoms with Crippen LogP contribution in [0.15, 0.2) is 78.9 Å². The molecule has 0 bridgehead atoms. The molecular formula is C27H30N2O5. The minimum Gasteiger partial charge on any atom is -0.492 e. The van der Waals surface area contributed by atoms with E-state index in [2.05, 4.69) is 17.4 Å². The SMILES string of the molecule is O=C(COc1ccc(OCCNCC(O)COc2ccccc2)cc1)N1Cc2ccccc2C1. The second-order valence-corrected chi connectivity index (χ2v) is 8.11. The summed E-state index contributed by atoms with van der Waals surface area (Å²) in [6.07, 6.45) is -0.603. The molecule has 1 aliphatic heterocycles. The molecule has 1 atom stereocenters. The number of nitrogens with one attached hydrogen (secondary N) is 1. The zero-order valence-corrected chi connectivity index (χ0v) is 19.1. The maximum atomic E-state index is 12.5. The van der Waals surface area contributed by atoms with Crippen molar-refractivity contribution in [2.45, 2.75) is 19.2 Å². The molecule has 0 fully saturated rings. The van der Waals surface area contributed by atoms with Gasteiger partial charge in [-0.1, -0.05) is 42.5 Å². The van der Waals surface area contributed by atoms with Crippen LogP contribution >= 0.6 is 0 Å². The van der Waals surface area contributed by atoms with Crippen molar-refractivity contribution >= 4 is 5.91 Å². The lowest BCUT2D eigenvalue weighted by Crippen LogP contribution is -2.33. The smallest absolute Gasteiger partial charge is 0.261 e. The van der Waals surface area contributed by atoms with E-state index in [1.807, 2.05) is 54.6 Å². The molecule has 7 nitrogen and oxygen atoms in total. The molecule has 1 unspecified atom stereocenters. The number of nitrogens with zero attached hydrogens (tertiary/aromatic N) is 1. The number of ether oxygens (including phenoxy) is 3. The van der Waals surface area contributed by atoms with Crippen molar-refractivity contribution in [3.8, 4) is 17.2 Å². The molecule has 1 heterocycles. The normalized spacial score (nSPS) is 13.3.